The monoisotopic (exact) mass is 624 g/mol. The lowest BCUT2D eigenvalue weighted by Gasteiger charge is -2.12. The van der Waals surface area contributed by atoms with Crippen LogP contribution in [0.4, 0.5) is 37.7 Å². The van der Waals surface area contributed by atoms with Crippen molar-refractivity contribution in [2.45, 2.75) is 12.4 Å². The molecule has 10 nitrogen and oxygen atoms in total. The summed E-state index contributed by atoms with van der Waals surface area (Å²) in [6, 6.07) is 17.3. The predicted octanol–water partition coefficient (Wildman–Crippen LogP) is 6.25. The SMILES string of the molecule is COc1ccc(-c2cc(C(=O)Nc3cc(OC)cc(C(=O)Nc4cccc(C(F)(F)F)c4)c3)[nH]n2)cc1.O=C(O)C(F)(F)F. The fraction of sp³-hybridized carbons (Fsp3) is 0.143. The van der Waals surface area contributed by atoms with Crippen LogP contribution >= 0.6 is 0 Å². The zero-order valence-corrected chi connectivity index (χ0v) is 22.6. The summed E-state index contributed by atoms with van der Waals surface area (Å²) in [6.07, 6.45) is -9.63. The van der Waals surface area contributed by atoms with Gasteiger partial charge in [0.1, 0.15) is 17.2 Å². The van der Waals surface area contributed by atoms with Crippen LogP contribution in [0.5, 0.6) is 11.5 Å². The molecule has 4 aromatic rings. The first-order chi connectivity index (χ1) is 20.6. The number of aromatic nitrogens is 2. The van der Waals surface area contributed by atoms with E-state index in [9.17, 15) is 35.9 Å². The fourth-order valence-corrected chi connectivity index (χ4v) is 3.44. The Kier molecular flexibility index (Phi) is 10.2. The highest BCUT2D eigenvalue weighted by Crippen LogP contribution is 2.31. The quantitative estimate of drug-likeness (QED) is 0.178. The van der Waals surface area contributed by atoms with E-state index in [2.05, 4.69) is 20.8 Å². The average Bonchev–Trinajstić information content (AvgIpc) is 3.47. The Hall–Kier alpha value is -5.54. The van der Waals surface area contributed by atoms with Gasteiger partial charge in [-0.3, -0.25) is 14.7 Å². The molecule has 0 bridgehead atoms. The molecule has 4 rings (SSSR count). The lowest BCUT2D eigenvalue weighted by Crippen LogP contribution is -2.21. The molecule has 16 heteroatoms. The summed E-state index contributed by atoms with van der Waals surface area (Å²) in [5, 5.41) is 19.1. The maximum Gasteiger partial charge on any atom is 0.490 e. The zero-order chi connectivity index (χ0) is 32.7. The molecule has 2 amide bonds. The third kappa shape index (κ3) is 8.98. The first kappa shape index (κ1) is 33.0. The number of alkyl halides is 6. The van der Waals surface area contributed by atoms with Gasteiger partial charge in [0.15, 0.2) is 0 Å². The van der Waals surface area contributed by atoms with E-state index in [-0.39, 0.29) is 28.4 Å². The van der Waals surface area contributed by atoms with Crippen LogP contribution < -0.4 is 20.1 Å². The standard InChI is InChI=1S/C26H21F3N4O4.C2HF3O2/c1-36-20-8-6-15(7-9-20)22-14-23(33-32-22)25(35)31-19-10-16(11-21(13-19)37-2)24(34)30-18-5-3-4-17(12-18)26(27,28)29;3-2(4,5)1(6)7/h3-14H,1-2H3,(H,30,34)(H,31,35)(H,32,33);(H,6,7). The number of methoxy groups -OCH3 is 2. The Balaban J connectivity index is 0.000000676. The Morgan fingerprint density at radius 1 is 0.773 bits per heavy atom. The van der Waals surface area contributed by atoms with Crippen molar-refractivity contribution in [1.82, 2.24) is 10.2 Å². The van der Waals surface area contributed by atoms with Crippen molar-refractivity contribution < 1.29 is 55.3 Å². The van der Waals surface area contributed by atoms with Gasteiger partial charge in [-0.1, -0.05) is 6.07 Å². The average molecular weight is 624 g/mol. The van der Waals surface area contributed by atoms with E-state index < -0.39 is 35.7 Å². The molecule has 1 heterocycles. The first-order valence-corrected chi connectivity index (χ1v) is 12.1. The topological polar surface area (TPSA) is 143 Å². The summed E-state index contributed by atoms with van der Waals surface area (Å²) in [5.41, 5.74) is 0.859. The molecule has 0 aliphatic carbocycles. The van der Waals surface area contributed by atoms with Gasteiger partial charge in [-0.25, -0.2) is 4.79 Å². The predicted molar refractivity (Wildman–Crippen MR) is 145 cm³/mol. The lowest BCUT2D eigenvalue weighted by atomic mass is 10.1. The number of anilines is 2. The van der Waals surface area contributed by atoms with Crippen molar-refractivity contribution in [3.63, 3.8) is 0 Å². The van der Waals surface area contributed by atoms with Crippen LogP contribution in [0.1, 0.15) is 26.4 Å². The number of carboxylic acid groups (broad SMARTS) is 1. The van der Waals surface area contributed by atoms with Crippen molar-refractivity contribution >= 4 is 29.2 Å². The van der Waals surface area contributed by atoms with Gasteiger partial charge in [0.05, 0.1) is 25.5 Å². The highest BCUT2D eigenvalue weighted by Gasteiger charge is 2.38. The molecule has 0 saturated heterocycles. The van der Waals surface area contributed by atoms with Crippen LogP contribution in [0, 0.1) is 0 Å². The number of rotatable bonds is 7. The highest BCUT2D eigenvalue weighted by atomic mass is 19.4. The minimum Gasteiger partial charge on any atom is -0.497 e. The molecule has 0 fully saturated rings. The van der Waals surface area contributed by atoms with Crippen LogP contribution in [0.2, 0.25) is 0 Å². The van der Waals surface area contributed by atoms with Crippen LogP contribution in [0.25, 0.3) is 11.3 Å². The van der Waals surface area contributed by atoms with Crippen molar-refractivity contribution in [1.29, 1.82) is 0 Å². The summed E-state index contributed by atoms with van der Waals surface area (Å²) >= 11 is 0. The summed E-state index contributed by atoms with van der Waals surface area (Å²) in [7, 11) is 2.94. The van der Waals surface area contributed by atoms with E-state index in [0.29, 0.717) is 11.4 Å². The van der Waals surface area contributed by atoms with Crippen molar-refractivity contribution in [3.8, 4) is 22.8 Å². The fourth-order valence-electron chi connectivity index (χ4n) is 3.44. The number of hydrogen-bond donors (Lipinski definition) is 4. The number of aromatic amines is 1. The van der Waals surface area contributed by atoms with Gasteiger partial charge in [-0.2, -0.15) is 31.4 Å². The van der Waals surface area contributed by atoms with Gasteiger partial charge < -0.3 is 25.2 Å². The van der Waals surface area contributed by atoms with E-state index in [4.69, 9.17) is 19.4 Å². The van der Waals surface area contributed by atoms with E-state index in [1.807, 2.05) is 0 Å². The maximum atomic E-state index is 13.0. The van der Waals surface area contributed by atoms with Crippen LogP contribution in [-0.4, -0.2) is 53.5 Å². The number of carbonyl (C=O) groups excluding carboxylic acids is 2. The van der Waals surface area contributed by atoms with Gasteiger partial charge in [-0.05, 0) is 60.7 Å². The molecular formula is C28H22F6N4O6. The molecule has 0 aliphatic rings. The van der Waals surface area contributed by atoms with E-state index in [0.717, 1.165) is 17.7 Å². The van der Waals surface area contributed by atoms with Gasteiger partial charge in [0.2, 0.25) is 0 Å². The smallest absolute Gasteiger partial charge is 0.490 e. The number of aliphatic carboxylic acids is 1. The van der Waals surface area contributed by atoms with Gasteiger partial charge in [-0.15, -0.1) is 0 Å². The van der Waals surface area contributed by atoms with Crippen molar-refractivity contribution in [2.75, 3.05) is 24.9 Å². The molecular weight excluding hydrogens is 602 g/mol. The summed E-state index contributed by atoms with van der Waals surface area (Å²) in [6.45, 7) is 0. The number of halogens is 6. The van der Waals surface area contributed by atoms with E-state index >= 15 is 0 Å². The first-order valence-electron chi connectivity index (χ1n) is 12.1. The molecule has 232 valence electrons. The minimum absolute atomic E-state index is 0.0308. The summed E-state index contributed by atoms with van der Waals surface area (Å²) in [4.78, 5) is 34.5. The molecule has 0 unspecified atom stereocenters. The second-order valence-corrected chi connectivity index (χ2v) is 8.64. The van der Waals surface area contributed by atoms with Crippen LogP contribution in [0.3, 0.4) is 0 Å². The number of benzene rings is 3. The normalized spacial score (nSPS) is 11.1. The Bertz CT molecular complexity index is 1630. The summed E-state index contributed by atoms with van der Waals surface area (Å²) < 4.78 is 81.1. The van der Waals surface area contributed by atoms with Gasteiger partial charge in [0.25, 0.3) is 11.8 Å². The largest absolute Gasteiger partial charge is 0.497 e. The lowest BCUT2D eigenvalue weighted by molar-refractivity contribution is -0.192. The molecule has 0 atom stereocenters. The Morgan fingerprint density at radius 3 is 1.95 bits per heavy atom. The van der Waals surface area contributed by atoms with Crippen molar-refractivity contribution in [2.24, 2.45) is 0 Å². The summed E-state index contributed by atoms with van der Waals surface area (Å²) in [5.74, 6) is -3.02. The molecule has 0 radical (unpaired) electrons. The molecule has 4 N–H and O–H groups in total. The molecule has 44 heavy (non-hydrogen) atoms. The molecule has 0 spiro atoms. The molecule has 0 saturated carbocycles. The Labute approximate surface area is 244 Å². The minimum atomic E-state index is -5.08. The number of ether oxygens (including phenoxy) is 2. The number of H-pyrrole nitrogens is 1. The number of carbonyl (C=O) groups is 3. The third-order valence-electron chi connectivity index (χ3n) is 5.56. The number of hydrogen-bond acceptors (Lipinski definition) is 6. The third-order valence-corrected chi connectivity index (χ3v) is 5.56. The van der Waals surface area contributed by atoms with E-state index in [1.54, 1.807) is 37.4 Å². The highest BCUT2D eigenvalue weighted by molar-refractivity contribution is 6.07. The molecule has 0 aliphatic heterocycles. The zero-order valence-electron chi connectivity index (χ0n) is 22.6. The molecule has 3 aromatic carbocycles. The van der Waals surface area contributed by atoms with Crippen LogP contribution in [0.15, 0.2) is 72.8 Å². The van der Waals surface area contributed by atoms with Crippen LogP contribution in [-0.2, 0) is 11.0 Å². The number of carboxylic acids is 1. The van der Waals surface area contributed by atoms with Crippen molar-refractivity contribution in [3.05, 3.63) is 89.6 Å². The van der Waals surface area contributed by atoms with Gasteiger partial charge in [0, 0.05) is 28.6 Å². The second kappa shape index (κ2) is 13.6. The number of nitrogens with zero attached hydrogens (tertiary/aromatic N) is 1. The number of nitrogens with one attached hydrogen (secondary N) is 3. The van der Waals surface area contributed by atoms with E-state index in [1.165, 1.54) is 37.4 Å². The number of amides is 2. The maximum absolute atomic E-state index is 13.0. The second-order valence-electron chi connectivity index (χ2n) is 8.64. The van der Waals surface area contributed by atoms with Gasteiger partial charge >= 0.3 is 18.3 Å². The molecule has 1 aromatic heterocycles. The Morgan fingerprint density at radius 2 is 1.39 bits per heavy atom.